The summed E-state index contributed by atoms with van der Waals surface area (Å²) < 4.78 is 0. The molecule has 5 heteroatoms. The molecule has 0 amide bonds. The summed E-state index contributed by atoms with van der Waals surface area (Å²) in [5.41, 5.74) is 0. The van der Waals surface area contributed by atoms with Crippen LogP contribution in [-0.4, -0.2) is 22.8 Å². The Balaban J connectivity index is 0. The Morgan fingerprint density at radius 1 is 1.00 bits per heavy atom. The second kappa shape index (κ2) is 9.06. The molecule has 0 radical (unpaired) electrons. The fourth-order valence-corrected chi connectivity index (χ4v) is 0.0596. The van der Waals surface area contributed by atoms with Gasteiger partial charge in [0.2, 0.25) is 0 Å². The van der Waals surface area contributed by atoms with Crippen molar-refractivity contribution >= 4 is 12.4 Å². The summed E-state index contributed by atoms with van der Waals surface area (Å²) >= 11 is 0. The average molecular weight is 147 g/mol. The van der Waals surface area contributed by atoms with Gasteiger partial charge in [-0.05, 0) is 0 Å². The van der Waals surface area contributed by atoms with Crippen molar-refractivity contribution in [3.05, 3.63) is 0 Å². The molecule has 0 aliphatic carbocycles. The minimum absolute atomic E-state index is 0. The molecule has 2 N–H and O–H groups in total. The average Bonchev–Trinajstić information content (AvgIpc) is 1.61. The van der Waals surface area contributed by atoms with Crippen LogP contribution in [0.25, 0.3) is 0 Å². The van der Waals surface area contributed by atoms with Gasteiger partial charge >= 0.3 is 0 Å². The molecule has 0 heterocycles. The van der Waals surface area contributed by atoms with E-state index in [1.807, 2.05) is 0 Å². The Hall–Kier alpha value is -0.566. The first-order chi connectivity index (χ1) is 2.91. The second-order valence-corrected chi connectivity index (χ2v) is 0.529. The Bertz CT molecular complexity index is 62.1. The van der Waals surface area contributed by atoms with Crippen LogP contribution < -0.4 is 0 Å². The van der Waals surface area contributed by atoms with Crippen LogP contribution in [0, 0.1) is 0 Å². The molecule has 0 bridgehead atoms. The van der Waals surface area contributed by atoms with E-state index in [9.17, 15) is 0 Å². The van der Waals surface area contributed by atoms with Crippen molar-refractivity contribution in [3.63, 3.8) is 0 Å². The quantitative estimate of drug-likeness (QED) is 0.235. The number of rotatable bonds is 1. The molecule has 4 nitrogen and oxygen atoms in total. The molecule has 0 aliphatic rings. The van der Waals surface area contributed by atoms with Crippen LogP contribution in [-0.2, 0) is 16.5 Å². The fraction of sp³-hybridized carbons (Fsp3) is 0. The topological polar surface area (TPSA) is 65.2 Å². The maximum atomic E-state index is 7.56. The minimum atomic E-state index is 0. The molecule has 0 fully saturated rings. The number of hydrogen-bond donors (Lipinski definition) is 2. The van der Waals surface area contributed by atoms with Gasteiger partial charge < -0.3 is 10.4 Å². The number of nitrogens with zero attached hydrogens (tertiary/aromatic N) is 2. The van der Waals surface area contributed by atoms with E-state index >= 15 is 0 Å². The SMILES string of the molecule is ON=CC=NO.[Ni]. The third-order valence-corrected chi connectivity index (χ3v) is 0.200. The van der Waals surface area contributed by atoms with E-state index in [1.54, 1.807) is 0 Å². The summed E-state index contributed by atoms with van der Waals surface area (Å²) in [4.78, 5) is 0. The molecule has 0 saturated heterocycles. The van der Waals surface area contributed by atoms with Gasteiger partial charge in [0.15, 0.2) is 0 Å². The molecule has 0 atom stereocenters. The third kappa shape index (κ3) is 10.8. The van der Waals surface area contributed by atoms with E-state index in [2.05, 4.69) is 10.3 Å². The molecule has 44 valence electrons. The van der Waals surface area contributed by atoms with Crippen LogP contribution in [0.3, 0.4) is 0 Å². The van der Waals surface area contributed by atoms with Crippen molar-refractivity contribution in [2.45, 2.75) is 0 Å². The van der Waals surface area contributed by atoms with Gasteiger partial charge in [-0.1, -0.05) is 10.3 Å². The van der Waals surface area contributed by atoms with Gasteiger partial charge in [0, 0.05) is 16.5 Å². The molecular weight excluding hydrogens is 143 g/mol. The van der Waals surface area contributed by atoms with E-state index < -0.39 is 0 Å². The Labute approximate surface area is 50.4 Å². The van der Waals surface area contributed by atoms with Crippen LogP contribution in [0.1, 0.15) is 0 Å². The normalized spacial score (nSPS) is 9.71. The fourth-order valence-electron chi connectivity index (χ4n) is 0.0596. The monoisotopic (exact) mass is 146 g/mol. The standard InChI is InChI=1S/C2H4N2O2.Ni/c5-3-1-2-4-6;/h1-2,5-6H;. The number of hydrogen-bond acceptors (Lipinski definition) is 4. The predicted molar refractivity (Wildman–Crippen MR) is 20.6 cm³/mol. The Kier molecular flexibility index (Phi) is 12.5. The largest absolute Gasteiger partial charge is 0.411 e. The first-order valence-corrected chi connectivity index (χ1v) is 1.25. The first-order valence-electron chi connectivity index (χ1n) is 1.25. The van der Waals surface area contributed by atoms with Crippen molar-refractivity contribution in [3.8, 4) is 0 Å². The van der Waals surface area contributed by atoms with E-state index in [0.717, 1.165) is 12.4 Å². The molecule has 0 spiro atoms. The molecule has 0 aromatic rings. The van der Waals surface area contributed by atoms with Crippen molar-refractivity contribution < 1.29 is 26.9 Å². The van der Waals surface area contributed by atoms with E-state index in [1.165, 1.54) is 0 Å². The summed E-state index contributed by atoms with van der Waals surface area (Å²) in [5, 5.41) is 20.1. The molecule has 0 aromatic carbocycles. The second-order valence-electron chi connectivity index (χ2n) is 0.529. The molecule has 7 heavy (non-hydrogen) atoms. The third-order valence-electron chi connectivity index (χ3n) is 0.200. The summed E-state index contributed by atoms with van der Waals surface area (Å²) in [5.74, 6) is 0. The minimum Gasteiger partial charge on any atom is -0.411 e. The van der Waals surface area contributed by atoms with Crippen molar-refractivity contribution in [2.24, 2.45) is 10.3 Å². The zero-order valence-electron chi connectivity index (χ0n) is 3.26. The molecule has 0 aliphatic heterocycles. The Morgan fingerprint density at radius 2 is 1.29 bits per heavy atom. The zero-order valence-corrected chi connectivity index (χ0v) is 4.25. The van der Waals surface area contributed by atoms with Crippen LogP contribution in [0.15, 0.2) is 10.3 Å². The van der Waals surface area contributed by atoms with Gasteiger partial charge in [-0.15, -0.1) is 0 Å². The summed E-state index contributed by atoms with van der Waals surface area (Å²) in [7, 11) is 0. The summed E-state index contributed by atoms with van der Waals surface area (Å²) in [6, 6.07) is 0. The molecule has 0 aromatic heterocycles. The van der Waals surface area contributed by atoms with Crippen LogP contribution in [0.2, 0.25) is 0 Å². The van der Waals surface area contributed by atoms with Gasteiger partial charge in [0.1, 0.15) is 0 Å². The molecular formula is C2H4N2NiO2. The van der Waals surface area contributed by atoms with Crippen molar-refractivity contribution in [1.29, 1.82) is 0 Å². The van der Waals surface area contributed by atoms with Crippen LogP contribution in [0.5, 0.6) is 0 Å². The molecule has 0 unspecified atom stereocenters. The van der Waals surface area contributed by atoms with Crippen molar-refractivity contribution in [2.75, 3.05) is 0 Å². The summed E-state index contributed by atoms with van der Waals surface area (Å²) in [6.45, 7) is 0. The van der Waals surface area contributed by atoms with Gasteiger partial charge in [0.25, 0.3) is 0 Å². The maximum absolute atomic E-state index is 7.56. The van der Waals surface area contributed by atoms with Gasteiger partial charge in [-0.25, -0.2) is 0 Å². The van der Waals surface area contributed by atoms with Crippen LogP contribution >= 0.6 is 0 Å². The van der Waals surface area contributed by atoms with Gasteiger partial charge in [-0.2, -0.15) is 0 Å². The molecule has 0 saturated carbocycles. The van der Waals surface area contributed by atoms with E-state index in [0.29, 0.717) is 0 Å². The smallest absolute Gasteiger partial charge is 0.0877 e. The van der Waals surface area contributed by atoms with Gasteiger partial charge in [-0.3, -0.25) is 0 Å². The molecule has 0 rings (SSSR count). The predicted octanol–water partition coefficient (Wildman–Crippen LogP) is -0.0961. The van der Waals surface area contributed by atoms with Crippen LogP contribution in [0.4, 0.5) is 0 Å². The van der Waals surface area contributed by atoms with E-state index in [-0.39, 0.29) is 16.5 Å². The maximum Gasteiger partial charge on any atom is 0.0877 e. The van der Waals surface area contributed by atoms with Crippen molar-refractivity contribution in [1.82, 2.24) is 0 Å². The first kappa shape index (κ1) is 9.66. The Morgan fingerprint density at radius 3 is 1.43 bits per heavy atom. The zero-order chi connectivity index (χ0) is 4.83. The number of oxime groups is 2. The summed E-state index contributed by atoms with van der Waals surface area (Å²) in [6.07, 6.45) is 1.89. The van der Waals surface area contributed by atoms with E-state index in [4.69, 9.17) is 10.4 Å². The van der Waals surface area contributed by atoms with Gasteiger partial charge in [0.05, 0.1) is 12.4 Å².